The van der Waals surface area contributed by atoms with Crippen LogP contribution in [0.4, 0.5) is 11.5 Å². The third-order valence-corrected chi connectivity index (χ3v) is 6.72. The fourth-order valence-corrected chi connectivity index (χ4v) is 4.88. The van der Waals surface area contributed by atoms with Crippen molar-refractivity contribution >= 4 is 22.3 Å². The summed E-state index contributed by atoms with van der Waals surface area (Å²) in [6.07, 6.45) is 5.82. The molecule has 0 aliphatic carbocycles. The van der Waals surface area contributed by atoms with Gasteiger partial charge in [-0.05, 0) is 61.7 Å². The molecular formula is C27H34N4O. The highest BCUT2D eigenvalue weighted by Crippen LogP contribution is 2.27. The van der Waals surface area contributed by atoms with E-state index in [4.69, 9.17) is 4.74 Å². The molecule has 1 aromatic heterocycles. The molecule has 0 bridgehead atoms. The van der Waals surface area contributed by atoms with Gasteiger partial charge in [-0.1, -0.05) is 36.4 Å². The van der Waals surface area contributed by atoms with Crippen LogP contribution in [0.1, 0.15) is 31.2 Å². The SMILES string of the molecule is c1ccc2c(N3CCN(CCCCCOc4ccc5c(n4)NCCC5)CC3)cccc2c1. The predicted molar refractivity (Wildman–Crippen MR) is 133 cm³/mol. The average Bonchev–Trinajstić information content (AvgIpc) is 2.86. The van der Waals surface area contributed by atoms with Crippen LogP contribution < -0.4 is 15.0 Å². The van der Waals surface area contributed by atoms with Gasteiger partial charge in [-0.2, -0.15) is 4.98 Å². The lowest BCUT2D eigenvalue weighted by atomic mass is 10.1. The molecule has 0 amide bonds. The molecule has 0 radical (unpaired) electrons. The first-order chi connectivity index (χ1) is 15.9. The summed E-state index contributed by atoms with van der Waals surface area (Å²) in [6.45, 7) is 7.45. The molecule has 3 heterocycles. The van der Waals surface area contributed by atoms with Crippen LogP contribution in [-0.2, 0) is 6.42 Å². The van der Waals surface area contributed by atoms with Crippen molar-refractivity contribution in [3.63, 3.8) is 0 Å². The Morgan fingerprint density at radius 2 is 1.75 bits per heavy atom. The zero-order valence-corrected chi connectivity index (χ0v) is 18.9. The molecule has 2 aliphatic rings. The third-order valence-electron chi connectivity index (χ3n) is 6.72. The van der Waals surface area contributed by atoms with Gasteiger partial charge in [0.2, 0.25) is 5.88 Å². The van der Waals surface area contributed by atoms with Crippen molar-refractivity contribution in [3.8, 4) is 5.88 Å². The van der Waals surface area contributed by atoms with Crippen molar-refractivity contribution in [2.24, 2.45) is 0 Å². The maximum Gasteiger partial charge on any atom is 0.215 e. The molecular weight excluding hydrogens is 396 g/mol. The molecule has 2 aromatic carbocycles. The molecule has 5 heteroatoms. The van der Waals surface area contributed by atoms with Gasteiger partial charge in [0.1, 0.15) is 5.82 Å². The number of hydrogen-bond donors (Lipinski definition) is 1. The Morgan fingerprint density at radius 3 is 2.69 bits per heavy atom. The smallest absolute Gasteiger partial charge is 0.215 e. The molecule has 168 valence electrons. The van der Waals surface area contributed by atoms with E-state index in [-0.39, 0.29) is 0 Å². The first kappa shape index (κ1) is 21.1. The van der Waals surface area contributed by atoms with E-state index in [0.717, 1.165) is 63.9 Å². The van der Waals surface area contributed by atoms with Crippen LogP contribution in [-0.4, -0.2) is 55.8 Å². The molecule has 0 spiro atoms. The molecule has 32 heavy (non-hydrogen) atoms. The van der Waals surface area contributed by atoms with E-state index < -0.39 is 0 Å². The largest absolute Gasteiger partial charge is 0.478 e. The number of aryl methyl sites for hydroxylation is 1. The van der Waals surface area contributed by atoms with Crippen LogP contribution >= 0.6 is 0 Å². The van der Waals surface area contributed by atoms with Gasteiger partial charge in [0.25, 0.3) is 0 Å². The molecule has 1 N–H and O–H groups in total. The van der Waals surface area contributed by atoms with Gasteiger partial charge in [-0.15, -0.1) is 0 Å². The van der Waals surface area contributed by atoms with E-state index in [1.807, 2.05) is 6.07 Å². The Bertz CT molecular complexity index is 1020. The van der Waals surface area contributed by atoms with Crippen LogP contribution in [0, 0.1) is 0 Å². The Kier molecular flexibility index (Phi) is 6.73. The number of pyridine rings is 1. The number of anilines is 2. The van der Waals surface area contributed by atoms with E-state index in [2.05, 4.69) is 68.6 Å². The summed E-state index contributed by atoms with van der Waals surface area (Å²) in [5.41, 5.74) is 2.69. The quantitative estimate of drug-likeness (QED) is 0.511. The molecule has 0 unspecified atom stereocenters. The molecule has 0 saturated carbocycles. The number of aromatic nitrogens is 1. The van der Waals surface area contributed by atoms with E-state index in [9.17, 15) is 0 Å². The monoisotopic (exact) mass is 430 g/mol. The van der Waals surface area contributed by atoms with Crippen LogP contribution in [0.25, 0.3) is 10.8 Å². The Morgan fingerprint density at radius 1 is 0.875 bits per heavy atom. The van der Waals surface area contributed by atoms with Crippen molar-refractivity contribution in [1.82, 2.24) is 9.88 Å². The summed E-state index contributed by atoms with van der Waals surface area (Å²) in [5.74, 6) is 1.76. The topological polar surface area (TPSA) is 40.6 Å². The zero-order chi connectivity index (χ0) is 21.6. The Hall–Kier alpha value is -2.79. The number of ether oxygens (including phenoxy) is 1. The highest BCUT2D eigenvalue weighted by molar-refractivity contribution is 5.94. The second-order valence-corrected chi connectivity index (χ2v) is 8.92. The van der Waals surface area contributed by atoms with Crippen molar-refractivity contribution in [2.75, 3.05) is 56.1 Å². The molecule has 0 atom stereocenters. The average molecular weight is 431 g/mol. The van der Waals surface area contributed by atoms with Crippen LogP contribution in [0.15, 0.2) is 54.6 Å². The summed E-state index contributed by atoms with van der Waals surface area (Å²) in [4.78, 5) is 9.77. The fraction of sp³-hybridized carbons (Fsp3) is 0.444. The molecule has 5 rings (SSSR count). The van der Waals surface area contributed by atoms with E-state index in [0.29, 0.717) is 0 Å². The van der Waals surface area contributed by atoms with Gasteiger partial charge in [-0.3, -0.25) is 4.90 Å². The van der Waals surface area contributed by atoms with E-state index in [1.165, 1.54) is 47.8 Å². The zero-order valence-electron chi connectivity index (χ0n) is 18.9. The first-order valence-corrected chi connectivity index (χ1v) is 12.2. The minimum Gasteiger partial charge on any atom is -0.478 e. The maximum atomic E-state index is 5.89. The van der Waals surface area contributed by atoms with Crippen molar-refractivity contribution in [2.45, 2.75) is 32.1 Å². The number of piperazine rings is 1. The highest BCUT2D eigenvalue weighted by atomic mass is 16.5. The van der Waals surface area contributed by atoms with Crippen molar-refractivity contribution in [3.05, 3.63) is 60.2 Å². The summed E-state index contributed by atoms with van der Waals surface area (Å²) < 4.78 is 5.89. The second-order valence-electron chi connectivity index (χ2n) is 8.92. The number of fused-ring (bicyclic) bond motifs is 2. The Labute approximate surface area is 191 Å². The molecule has 5 nitrogen and oxygen atoms in total. The van der Waals surface area contributed by atoms with Crippen molar-refractivity contribution < 1.29 is 4.74 Å². The number of rotatable bonds is 8. The summed E-state index contributed by atoms with van der Waals surface area (Å²) >= 11 is 0. The lowest BCUT2D eigenvalue weighted by Gasteiger charge is -2.36. The second kappa shape index (κ2) is 10.2. The number of nitrogens with one attached hydrogen (secondary N) is 1. The maximum absolute atomic E-state index is 5.89. The third kappa shape index (κ3) is 4.99. The van der Waals surface area contributed by atoms with Crippen LogP contribution in [0.2, 0.25) is 0 Å². The number of nitrogens with zero attached hydrogens (tertiary/aromatic N) is 3. The van der Waals surface area contributed by atoms with Gasteiger partial charge in [-0.25, -0.2) is 0 Å². The highest BCUT2D eigenvalue weighted by Gasteiger charge is 2.18. The minimum atomic E-state index is 0.751. The lowest BCUT2D eigenvalue weighted by Crippen LogP contribution is -2.46. The minimum absolute atomic E-state index is 0.751. The van der Waals surface area contributed by atoms with Crippen LogP contribution in [0.5, 0.6) is 5.88 Å². The van der Waals surface area contributed by atoms with E-state index in [1.54, 1.807) is 0 Å². The predicted octanol–water partition coefficient (Wildman–Crippen LogP) is 4.96. The van der Waals surface area contributed by atoms with Gasteiger partial charge in [0.15, 0.2) is 0 Å². The van der Waals surface area contributed by atoms with E-state index >= 15 is 0 Å². The van der Waals surface area contributed by atoms with Gasteiger partial charge < -0.3 is 15.0 Å². The van der Waals surface area contributed by atoms with Crippen molar-refractivity contribution in [1.29, 1.82) is 0 Å². The molecule has 1 saturated heterocycles. The molecule has 1 fully saturated rings. The normalized spacial score (nSPS) is 16.6. The summed E-state index contributed by atoms with van der Waals surface area (Å²) in [7, 11) is 0. The number of hydrogen-bond acceptors (Lipinski definition) is 5. The summed E-state index contributed by atoms with van der Waals surface area (Å²) in [5, 5.41) is 6.07. The number of unbranched alkanes of at least 4 members (excludes halogenated alkanes) is 2. The standard InChI is InChI=1S/C27H34N4O/c1(5-21-32-26-14-13-23-10-7-15-28-27(23)29-26)4-16-30-17-19-31(20-18-30)25-12-6-9-22-8-2-3-11-24(22)25/h2-3,6,8-9,11-14H,1,4-5,7,10,15-21H2,(H,28,29). The number of benzene rings is 2. The molecule has 2 aliphatic heterocycles. The fourth-order valence-electron chi connectivity index (χ4n) is 4.88. The Balaban J connectivity index is 1.00. The summed E-state index contributed by atoms with van der Waals surface area (Å²) in [6, 6.07) is 19.5. The van der Waals surface area contributed by atoms with Gasteiger partial charge >= 0.3 is 0 Å². The molecule has 3 aromatic rings. The lowest BCUT2D eigenvalue weighted by molar-refractivity contribution is 0.245. The van der Waals surface area contributed by atoms with Gasteiger partial charge in [0.05, 0.1) is 6.61 Å². The van der Waals surface area contributed by atoms with Gasteiger partial charge in [0, 0.05) is 49.9 Å². The van der Waals surface area contributed by atoms with Crippen LogP contribution in [0.3, 0.4) is 0 Å². The first-order valence-electron chi connectivity index (χ1n) is 12.2.